The molecule has 0 spiro atoms. The van der Waals surface area contributed by atoms with Gasteiger partial charge in [0.1, 0.15) is 0 Å². The van der Waals surface area contributed by atoms with Crippen LogP contribution in [-0.2, 0) is 16.3 Å². The van der Waals surface area contributed by atoms with Crippen LogP contribution in [-0.4, -0.2) is 45.6 Å². The highest BCUT2D eigenvalue weighted by molar-refractivity contribution is 7.92. The van der Waals surface area contributed by atoms with Crippen LogP contribution >= 0.6 is 0 Å². The molecular weight excluding hydrogens is 464 g/mol. The van der Waals surface area contributed by atoms with Gasteiger partial charge in [0.05, 0.1) is 21.6 Å². The van der Waals surface area contributed by atoms with Crippen LogP contribution < -0.4 is 26.6 Å². The van der Waals surface area contributed by atoms with Crippen molar-refractivity contribution in [2.24, 2.45) is 0 Å². The number of nitrogens with one attached hydrogen (secondary N) is 6. The molecule has 2 aromatic carbocycles. The molecule has 0 fully saturated rings. The maximum Gasteiger partial charge on any atom is 0.315 e. The van der Waals surface area contributed by atoms with Gasteiger partial charge in [-0.1, -0.05) is 36.4 Å². The molecule has 1 atom stereocenters. The summed E-state index contributed by atoms with van der Waals surface area (Å²) in [6.07, 6.45) is 3.10. The van der Waals surface area contributed by atoms with Gasteiger partial charge < -0.3 is 26.6 Å². The average molecular weight is 495 g/mol. The number of aromatic nitrogens is 2. The lowest BCUT2D eigenvalue weighted by molar-refractivity contribution is 0.241. The Kier molecular flexibility index (Phi) is 7.99. The number of fused-ring (bicyclic) bond motifs is 4. The molecule has 184 valence electrons. The smallest absolute Gasteiger partial charge is 0.315 e. The molecule has 11 heteroatoms. The minimum atomic E-state index is -2.85. The minimum Gasteiger partial charge on any atom is -0.379 e. The van der Waals surface area contributed by atoms with Gasteiger partial charge in [-0.25, -0.2) is 18.8 Å². The predicted molar refractivity (Wildman–Crippen MR) is 139 cm³/mol. The van der Waals surface area contributed by atoms with Gasteiger partial charge in [-0.3, -0.25) is 0 Å². The average Bonchev–Trinajstić information content (AvgIpc) is 2.87. The molecule has 0 radical (unpaired) electrons. The molecule has 6 N–H and O–H groups in total. The minimum absolute atomic E-state index is 0.233. The molecule has 4 bridgehead atoms. The fraction of sp³-hybridized carbons (Fsp3) is 0.292. The number of rotatable bonds is 6. The maximum atomic E-state index is 12.8. The largest absolute Gasteiger partial charge is 0.379 e. The van der Waals surface area contributed by atoms with Crippen molar-refractivity contribution in [3.05, 3.63) is 66.4 Å². The van der Waals surface area contributed by atoms with E-state index < -0.39 is 9.73 Å². The van der Waals surface area contributed by atoms with E-state index in [-0.39, 0.29) is 6.03 Å². The summed E-state index contributed by atoms with van der Waals surface area (Å²) < 4.78 is 21.1. The first kappa shape index (κ1) is 24.3. The topological polar surface area (TPSA) is 144 Å². The van der Waals surface area contributed by atoms with Crippen molar-refractivity contribution in [1.82, 2.24) is 20.6 Å². The van der Waals surface area contributed by atoms with Crippen LogP contribution in [0.1, 0.15) is 18.4 Å². The van der Waals surface area contributed by atoms with E-state index in [4.69, 9.17) is 4.78 Å². The third kappa shape index (κ3) is 7.06. The molecule has 2 heterocycles. The van der Waals surface area contributed by atoms with Crippen LogP contribution in [0, 0.1) is 4.78 Å². The summed E-state index contributed by atoms with van der Waals surface area (Å²) in [5.74, 6) is 1.34. The van der Waals surface area contributed by atoms with Crippen LogP contribution in [0.15, 0.2) is 65.7 Å². The molecule has 1 unspecified atom stereocenters. The third-order valence-electron chi connectivity index (χ3n) is 5.43. The standard InChI is InChI=1S/C24H30N8O2S/c25-35(34)14-5-4-11-27-22-21(17-29-23(32-22)31-19-9-6-10-20(35)15-19)26-12-13-28-24(33)30-16-18-7-2-1-3-8-18/h1-3,6-10,15,17,25-26H,4-5,11-14,16H2,(H2,28,30,33)(H2,27,29,31,32). The Morgan fingerprint density at radius 3 is 2.77 bits per heavy atom. The van der Waals surface area contributed by atoms with Gasteiger partial charge >= 0.3 is 6.03 Å². The zero-order valence-corrected chi connectivity index (χ0v) is 20.2. The predicted octanol–water partition coefficient (Wildman–Crippen LogP) is 3.74. The van der Waals surface area contributed by atoms with Gasteiger partial charge in [0, 0.05) is 42.5 Å². The molecule has 0 saturated heterocycles. The van der Waals surface area contributed by atoms with Crippen molar-refractivity contribution in [2.75, 3.05) is 41.3 Å². The highest BCUT2D eigenvalue weighted by Gasteiger charge is 2.13. The Bertz CT molecular complexity index is 1250. The number of hydrogen-bond donors (Lipinski definition) is 6. The van der Waals surface area contributed by atoms with Crippen molar-refractivity contribution < 1.29 is 9.00 Å². The summed E-state index contributed by atoms with van der Waals surface area (Å²) in [7, 11) is -2.85. The lowest BCUT2D eigenvalue weighted by atomic mass is 10.2. The number of amides is 2. The maximum absolute atomic E-state index is 12.8. The second-order valence-corrected chi connectivity index (χ2v) is 10.4. The zero-order chi connectivity index (χ0) is 24.5. The van der Waals surface area contributed by atoms with E-state index in [2.05, 4.69) is 36.6 Å². The highest BCUT2D eigenvalue weighted by atomic mass is 32.2. The summed E-state index contributed by atoms with van der Waals surface area (Å²) in [5.41, 5.74) is 2.43. The fourth-order valence-corrected chi connectivity index (χ4v) is 5.05. The van der Waals surface area contributed by atoms with Gasteiger partial charge in [0.25, 0.3) is 0 Å². The molecular formula is C24H30N8O2S. The third-order valence-corrected chi connectivity index (χ3v) is 7.31. The first-order chi connectivity index (χ1) is 17.0. The van der Waals surface area contributed by atoms with E-state index in [1.165, 1.54) is 0 Å². The number of benzene rings is 2. The number of hydrogen-bond acceptors (Lipinski definition) is 8. The summed E-state index contributed by atoms with van der Waals surface area (Å²) >= 11 is 0. The van der Waals surface area contributed by atoms with E-state index in [9.17, 15) is 9.00 Å². The van der Waals surface area contributed by atoms with Crippen LogP contribution in [0.4, 0.5) is 27.9 Å². The van der Waals surface area contributed by atoms with Gasteiger partial charge in [0.15, 0.2) is 5.82 Å². The molecule has 4 rings (SSSR count). The molecule has 10 nitrogen and oxygen atoms in total. The number of anilines is 4. The summed E-state index contributed by atoms with van der Waals surface area (Å²) in [6.45, 7) is 2.00. The monoisotopic (exact) mass is 494 g/mol. The van der Waals surface area contributed by atoms with E-state index in [0.717, 1.165) is 17.7 Å². The zero-order valence-electron chi connectivity index (χ0n) is 19.3. The van der Waals surface area contributed by atoms with E-state index >= 15 is 0 Å². The van der Waals surface area contributed by atoms with Gasteiger partial charge in [0.2, 0.25) is 5.95 Å². The molecule has 35 heavy (non-hydrogen) atoms. The number of nitrogens with zero attached hydrogens (tertiary/aromatic N) is 2. The normalized spacial score (nSPS) is 17.4. The van der Waals surface area contributed by atoms with Crippen molar-refractivity contribution in [2.45, 2.75) is 24.3 Å². The number of carbonyl (C=O) groups is 1. The van der Waals surface area contributed by atoms with Crippen molar-refractivity contribution >= 4 is 38.9 Å². The lowest BCUT2D eigenvalue weighted by Gasteiger charge is -2.14. The summed E-state index contributed by atoms with van der Waals surface area (Å²) in [6, 6.07) is 16.6. The Hall–Kier alpha value is -3.86. The molecule has 3 aromatic rings. The van der Waals surface area contributed by atoms with E-state index in [0.29, 0.717) is 60.7 Å². The Morgan fingerprint density at radius 1 is 1.06 bits per heavy atom. The van der Waals surface area contributed by atoms with Gasteiger partial charge in [-0.2, -0.15) is 4.98 Å². The first-order valence-corrected chi connectivity index (χ1v) is 13.3. The van der Waals surface area contributed by atoms with Crippen LogP contribution in [0.25, 0.3) is 0 Å². The Labute approximate surface area is 205 Å². The molecule has 0 aliphatic carbocycles. The molecule has 1 aliphatic rings. The van der Waals surface area contributed by atoms with Crippen molar-refractivity contribution in [1.29, 1.82) is 4.78 Å². The van der Waals surface area contributed by atoms with E-state index in [1.807, 2.05) is 36.4 Å². The van der Waals surface area contributed by atoms with Gasteiger partial charge in [-0.05, 0) is 36.6 Å². The van der Waals surface area contributed by atoms with Crippen LogP contribution in [0.2, 0.25) is 0 Å². The quantitative estimate of drug-likeness (QED) is 0.286. The Morgan fingerprint density at radius 2 is 1.91 bits per heavy atom. The number of carbonyl (C=O) groups excluding carboxylic acids is 1. The highest BCUT2D eigenvalue weighted by Crippen LogP contribution is 2.24. The second kappa shape index (κ2) is 11.5. The molecule has 1 aliphatic heterocycles. The summed E-state index contributed by atoms with van der Waals surface area (Å²) in [5, 5.41) is 15.4. The molecule has 0 saturated carbocycles. The lowest BCUT2D eigenvalue weighted by Crippen LogP contribution is -2.37. The fourth-order valence-electron chi connectivity index (χ4n) is 3.58. The van der Waals surface area contributed by atoms with E-state index in [1.54, 1.807) is 24.4 Å². The molecule has 2 amide bonds. The first-order valence-electron chi connectivity index (χ1n) is 11.5. The van der Waals surface area contributed by atoms with Crippen molar-refractivity contribution in [3.8, 4) is 0 Å². The van der Waals surface area contributed by atoms with Crippen LogP contribution in [0.5, 0.6) is 0 Å². The number of urea groups is 1. The summed E-state index contributed by atoms with van der Waals surface area (Å²) in [4.78, 5) is 21.5. The molecule has 1 aromatic heterocycles. The van der Waals surface area contributed by atoms with Crippen LogP contribution in [0.3, 0.4) is 0 Å². The van der Waals surface area contributed by atoms with Crippen molar-refractivity contribution in [3.63, 3.8) is 0 Å². The SMILES string of the molecule is N=S1(=O)CCCCNc2nc(ncc2NCCNC(=O)NCc2ccccc2)Nc2cccc1c2. The Balaban J connectivity index is 1.35. The second-order valence-electron chi connectivity index (χ2n) is 8.14. The van der Waals surface area contributed by atoms with Gasteiger partial charge in [-0.15, -0.1) is 0 Å².